The van der Waals surface area contributed by atoms with Crippen LogP contribution in [-0.2, 0) is 9.59 Å². The minimum Gasteiger partial charge on any atom is -0.337 e. The zero-order valence-electron chi connectivity index (χ0n) is 12.0. The van der Waals surface area contributed by atoms with Crippen LogP contribution in [0, 0.1) is 0 Å². The Bertz CT molecular complexity index is 591. The molecule has 110 valence electrons. The third-order valence-electron chi connectivity index (χ3n) is 2.68. The van der Waals surface area contributed by atoms with Crippen molar-refractivity contribution in [1.29, 1.82) is 0 Å². The fourth-order valence-corrected chi connectivity index (χ4v) is 1.73. The van der Waals surface area contributed by atoms with Crippen molar-refractivity contribution in [2.45, 2.75) is 13.8 Å². The Morgan fingerprint density at radius 2 is 1.95 bits per heavy atom. The monoisotopic (exact) mass is 287 g/mol. The summed E-state index contributed by atoms with van der Waals surface area (Å²) < 4.78 is 0. The lowest BCUT2D eigenvalue weighted by molar-refractivity contribution is -0.118. The molecule has 1 aromatic carbocycles. The molecule has 0 atom stereocenters. The molecule has 2 rings (SSSR count). The average Bonchev–Trinajstić information content (AvgIpc) is 2.86. The van der Waals surface area contributed by atoms with Crippen LogP contribution in [0.3, 0.4) is 0 Å². The van der Waals surface area contributed by atoms with Gasteiger partial charge in [-0.2, -0.15) is 5.10 Å². The number of amides is 2. The molecule has 1 aromatic rings. The lowest BCUT2D eigenvalue weighted by atomic mass is 10.3. The number of para-hydroxylation sites is 1. The fraction of sp³-hybridized carbons (Fsp3) is 0.286. The van der Waals surface area contributed by atoms with Crippen LogP contribution >= 0.6 is 0 Å². The molecule has 1 heterocycles. The van der Waals surface area contributed by atoms with E-state index in [9.17, 15) is 9.59 Å². The minimum absolute atomic E-state index is 0.0966. The highest BCUT2D eigenvalue weighted by Gasteiger charge is 2.27. The molecule has 1 fully saturated rings. The van der Waals surface area contributed by atoms with Crippen LogP contribution < -0.4 is 10.6 Å². The molecular weight excluding hydrogens is 270 g/mol. The van der Waals surface area contributed by atoms with Crippen molar-refractivity contribution in [3.05, 3.63) is 30.3 Å². The van der Waals surface area contributed by atoms with Gasteiger partial charge in [0.1, 0.15) is 6.54 Å². The normalized spacial score (nSPS) is 14.7. The summed E-state index contributed by atoms with van der Waals surface area (Å²) in [5.74, 6) is -0.437. The first-order valence-corrected chi connectivity index (χ1v) is 6.53. The summed E-state index contributed by atoms with van der Waals surface area (Å²) in [6, 6.07) is 9.05. The zero-order chi connectivity index (χ0) is 15.2. The predicted octanol–water partition coefficient (Wildman–Crippen LogP) is 0.809. The Hall–Kier alpha value is -2.70. The molecule has 0 aliphatic carbocycles. The summed E-state index contributed by atoms with van der Waals surface area (Å²) in [7, 11) is 0. The minimum atomic E-state index is -0.400. The van der Waals surface area contributed by atoms with Crippen molar-refractivity contribution in [2.75, 3.05) is 18.5 Å². The van der Waals surface area contributed by atoms with Crippen LogP contribution in [-0.4, -0.2) is 41.5 Å². The number of carbonyl (C=O) groups excluding carboxylic acids is 2. The fourth-order valence-electron chi connectivity index (χ4n) is 1.73. The van der Waals surface area contributed by atoms with Crippen LogP contribution in [0.5, 0.6) is 0 Å². The lowest BCUT2D eigenvalue weighted by Crippen LogP contribution is -2.39. The first-order chi connectivity index (χ1) is 10.1. The Morgan fingerprint density at radius 3 is 2.52 bits per heavy atom. The van der Waals surface area contributed by atoms with Crippen LogP contribution in [0.25, 0.3) is 0 Å². The number of benzene rings is 1. The van der Waals surface area contributed by atoms with Gasteiger partial charge in [-0.15, -0.1) is 5.10 Å². The Labute approximate surface area is 122 Å². The molecule has 1 aliphatic rings. The van der Waals surface area contributed by atoms with E-state index < -0.39 is 5.91 Å². The van der Waals surface area contributed by atoms with Gasteiger partial charge in [0.05, 0.1) is 6.67 Å². The smallest absolute Gasteiger partial charge is 0.293 e. The Morgan fingerprint density at radius 1 is 1.24 bits per heavy atom. The van der Waals surface area contributed by atoms with Gasteiger partial charge in [0, 0.05) is 11.4 Å². The molecule has 7 nitrogen and oxygen atoms in total. The molecule has 1 aliphatic heterocycles. The molecule has 0 radical (unpaired) electrons. The maximum atomic E-state index is 12.3. The molecule has 0 saturated carbocycles. The predicted molar refractivity (Wildman–Crippen MR) is 81.0 cm³/mol. The molecule has 0 bridgehead atoms. The van der Waals surface area contributed by atoms with Gasteiger partial charge in [0.15, 0.2) is 0 Å². The van der Waals surface area contributed by atoms with Crippen molar-refractivity contribution in [3.8, 4) is 0 Å². The summed E-state index contributed by atoms with van der Waals surface area (Å²) >= 11 is 0. The number of rotatable bonds is 2. The van der Waals surface area contributed by atoms with E-state index in [1.54, 1.807) is 30.9 Å². The molecule has 2 N–H and O–H groups in total. The molecule has 7 heteroatoms. The molecule has 1 saturated heterocycles. The lowest BCUT2D eigenvalue weighted by Gasteiger charge is -2.16. The van der Waals surface area contributed by atoms with Crippen molar-refractivity contribution in [3.63, 3.8) is 0 Å². The van der Waals surface area contributed by atoms with Gasteiger partial charge in [-0.05, 0) is 26.0 Å². The molecule has 21 heavy (non-hydrogen) atoms. The number of hydrogen-bond acceptors (Lipinski definition) is 4. The van der Waals surface area contributed by atoms with Gasteiger partial charge in [-0.25, -0.2) is 0 Å². The number of hydrogen-bond donors (Lipinski definition) is 2. The second-order valence-corrected chi connectivity index (χ2v) is 4.75. The van der Waals surface area contributed by atoms with Gasteiger partial charge in [0.25, 0.3) is 5.91 Å². The van der Waals surface area contributed by atoms with E-state index in [0.29, 0.717) is 5.69 Å². The number of carbonyl (C=O) groups is 2. The van der Waals surface area contributed by atoms with Crippen molar-refractivity contribution < 1.29 is 9.59 Å². The van der Waals surface area contributed by atoms with E-state index in [1.165, 1.54) is 0 Å². The SMILES string of the molecule is CC(C)=N/N=C(/C(=O)Nc1ccccc1)N1CNC(=O)C1. The number of nitrogens with zero attached hydrogens (tertiary/aromatic N) is 3. The number of nitrogens with one attached hydrogen (secondary N) is 2. The van der Waals surface area contributed by atoms with Crippen LogP contribution in [0.1, 0.15) is 13.8 Å². The summed E-state index contributed by atoms with van der Waals surface area (Å²) in [5, 5.41) is 13.3. The summed E-state index contributed by atoms with van der Waals surface area (Å²) in [6.45, 7) is 3.91. The number of amidine groups is 1. The quantitative estimate of drug-likeness (QED) is 0.479. The van der Waals surface area contributed by atoms with Crippen molar-refractivity contribution in [1.82, 2.24) is 10.2 Å². The van der Waals surface area contributed by atoms with Crippen molar-refractivity contribution >= 4 is 29.0 Å². The maximum Gasteiger partial charge on any atom is 0.293 e. The Balaban J connectivity index is 2.18. The highest BCUT2D eigenvalue weighted by Crippen LogP contribution is 2.07. The standard InChI is InChI=1S/C14H17N5O2/c1-10(2)17-18-13(19-8-12(20)15-9-19)14(21)16-11-6-4-3-5-7-11/h3-7H,8-9H2,1-2H3,(H,15,20)(H,16,21)/b18-13-. The van der Waals surface area contributed by atoms with E-state index in [4.69, 9.17) is 0 Å². The third-order valence-corrected chi connectivity index (χ3v) is 2.68. The maximum absolute atomic E-state index is 12.3. The van der Waals surface area contributed by atoms with E-state index in [0.717, 1.165) is 5.71 Å². The molecule has 0 spiro atoms. The second kappa shape index (κ2) is 6.65. The van der Waals surface area contributed by atoms with Crippen LogP contribution in [0.15, 0.2) is 40.5 Å². The van der Waals surface area contributed by atoms with Gasteiger partial charge in [0.2, 0.25) is 11.7 Å². The van der Waals surface area contributed by atoms with Crippen LogP contribution in [0.2, 0.25) is 0 Å². The molecule has 2 amide bonds. The summed E-state index contributed by atoms with van der Waals surface area (Å²) in [4.78, 5) is 25.2. The van der Waals surface area contributed by atoms with E-state index >= 15 is 0 Å². The highest BCUT2D eigenvalue weighted by atomic mass is 16.2. The van der Waals surface area contributed by atoms with E-state index in [1.807, 2.05) is 18.2 Å². The number of anilines is 1. The topological polar surface area (TPSA) is 86.2 Å². The van der Waals surface area contributed by atoms with Crippen molar-refractivity contribution in [2.24, 2.45) is 10.2 Å². The zero-order valence-corrected chi connectivity index (χ0v) is 12.0. The largest absolute Gasteiger partial charge is 0.337 e. The van der Waals surface area contributed by atoms with Crippen LogP contribution in [0.4, 0.5) is 5.69 Å². The van der Waals surface area contributed by atoms with Gasteiger partial charge in [-0.3, -0.25) is 9.59 Å². The first-order valence-electron chi connectivity index (χ1n) is 6.53. The summed E-state index contributed by atoms with van der Waals surface area (Å²) in [5.41, 5.74) is 1.38. The van der Waals surface area contributed by atoms with Gasteiger partial charge < -0.3 is 15.5 Å². The van der Waals surface area contributed by atoms with E-state index in [-0.39, 0.29) is 25.0 Å². The van der Waals surface area contributed by atoms with Gasteiger partial charge >= 0.3 is 0 Å². The molecule has 0 aromatic heterocycles. The highest BCUT2D eigenvalue weighted by molar-refractivity contribution is 6.42. The van der Waals surface area contributed by atoms with Gasteiger partial charge in [-0.1, -0.05) is 18.2 Å². The average molecular weight is 287 g/mol. The summed E-state index contributed by atoms with van der Waals surface area (Å²) in [6.07, 6.45) is 0. The van der Waals surface area contributed by atoms with E-state index in [2.05, 4.69) is 20.8 Å². The third kappa shape index (κ3) is 4.13. The Kier molecular flexibility index (Phi) is 4.65. The molecule has 0 unspecified atom stereocenters. The first kappa shape index (κ1) is 14.7. The second-order valence-electron chi connectivity index (χ2n) is 4.75. The molecular formula is C14H17N5O2.